The molecule has 0 amide bonds. The van der Waals surface area contributed by atoms with Gasteiger partial charge in [-0.1, -0.05) is 38.3 Å². The second-order valence-electron chi connectivity index (χ2n) is 6.99. The normalized spacial score (nSPS) is 15.9. The molecule has 0 radical (unpaired) electrons. The van der Waals surface area contributed by atoms with Gasteiger partial charge >= 0.3 is 11.9 Å². The fraction of sp³-hybridized carbons (Fsp3) is 0.619. The third-order valence-corrected chi connectivity index (χ3v) is 5.00. The molecule has 1 aromatic rings. The van der Waals surface area contributed by atoms with Crippen LogP contribution < -0.4 is 5.32 Å². The summed E-state index contributed by atoms with van der Waals surface area (Å²) >= 11 is 0. The molecule has 1 fully saturated rings. The molecule has 26 heavy (non-hydrogen) atoms. The summed E-state index contributed by atoms with van der Waals surface area (Å²) in [6, 6.07) is 8.20. The molecular weight excluding hydrogens is 330 g/mol. The summed E-state index contributed by atoms with van der Waals surface area (Å²) in [6.07, 6.45) is 7.22. The van der Waals surface area contributed by atoms with E-state index in [0.29, 0.717) is 12.8 Å². The van der Waals surface area contributed by atoms with Gasteiger partial charge in [0.2, 0.25) is 0 Å². The van der Waals surface area contributed by atoms with E-state index in [1.807, 2.05) is 12.1 Å². The van der Waals surface area contributed by atoms with Crippen molar-refractivity contribution in [1.82, 2.24) is 0 Å². The van der Waals surface area contributed by atoms with E-state index in [4.69, 9.17) is 4.74 Å². The van der Waals surface area contributed by atoms with E-state index >= 15 is 0 Å². The number of rotatable bonds is 9. The van der Waals surface area contributed by atoms with Gasteiger partial charge in [-0.25, -0.2) is 4.79 Å². The summed E-state index contributed by atoms with van der Waals surface area (Å²) in [5, 5.41) is 3.52. The third kappa shape index (κ3) is 6.70. The van der Waals surface area contributed by atoms with Gasteiger partial charge in [0.05, 0.1) is 7.11 Å². The van der Waals surface area contributed by atoms with E-state index in [-0.39, 0.29) is 12.4 Å². The number of nitrogens with one attached hydrogen (secondary N) is 1. The zero-order chi connectivity index (χ0) is 18.8. The predicted molar refractivity (Wildman–Crippen MR) is 102 cm³/mol. The highest BCUT2D eigenvalue weighted by molar-refractivity contribution is 5.79. The lowest BCUT2D eigenvalue weighted by Gasteiger charge is -2.22. The summed E-state index contributed by atoms with van der Waals surface area (Å²) in [5.74, 6) is -0.0875. The summed E-state index contributed by atoms with van der Waals surface area (Å²) in [6.45, 7) is 2.82. The number of carbonyl (C=O) groups is 2. The summed E-state index contributed by atoms with van der Waals surface area (Å²) in [4.78, 5) is 23.4. The van der Waals surface area contributed by atoms with E-state index in [0.717, 1.165) is 23.7 Å². The standard InChI is InChI=1S/C21H31NO4/c1-3-19(21(24)25-2)26-20(23)14-11-16-9-12-18(13-10-16)22-15-17-7-5-4-6-8-17/h9-10,12-13,17,19,22H,3-8,11,14-15H2,1-2H3. The van der Waals surface area contributed by atoms with Crippen LogP contribution in [0.25, 0.3) is 0 Å². The van der Waals surface area contributed by atoms with Gasteiger partial charge in [-0.15, -0.1) is 0 Å². The van der Waals surface area contributed by atoms with Crippen molar-refractivity contribution in [2.45, 2.75) is 64.4 Å². The molecule has 1 N–H and O–H groups in total. The highest BCUT2D eigenvalue weighted by atomic mass is 16.6. The van der Waals surface area contributed by atoms with Crippen LogP contribution in [0.4, 0.5) is 5.69 Å². The van der Waals surface area contributed by atoms with Crippen molar-refractivity contribution >= 4 is 17.6 Å². The van der Waals surface area contributed by atoms with Crippen LogP contribution in [0, 0.1) is 5.92 Å². The second kappa shape index (κ2) is 10.8. The molecule has 1 aliphatic carbocycles. The van der Waals surface area contributed by atoms with Gasteiger partial charge in [0.1, 0.15) is 0 Å². The number of aryl methyl sites for hydroxylation is 1. The molecule has 144 valence electrons. The number of esters is 2. The first kappa shape index (κ1) is 20.3. The van der Waals surface area contributed by atoms with Crippen molar-refractivity contribution in [3.05, 3.63) is 29.8 Å². The van der Waals surface area contributed by atoms with Crippen LogP contribution in [0.1, 0.15) is 57.4 Å². The van der Waals surface area contributed by atoms with Gasteiger partial charge in [-0.05, 0) is 49.3 Å². The van der Waals surface area contributed by atoms with E-state index in [1.54, 1.807) is 6.92 Å². The van der Waals surface area contributed by atoms with Gasteiger partial charge in [0.25, 0.3) is 0 Å². The van der Waals surface area contributed by atoms with Gasteiger partial charge in [0, 0.05) is 18.7 Å². The molecule has 2 rings (SSSR count). The van der Waals surface area contributed by atoms with E-state index in [1.165, 1.54) is 39.2 Å². The van der Waals surface area contributed by atoms with Crippen molar-refractivity contribution in [1.29, 1.82) is 0 Å². The lowest BCUT2D eigenvalue weighted by molar-refractivity contribution is -0.166. The minimum Gasteiger partial charge on any atom is -0.466 e. The molecule has 1 unspecified atom stereocenters. The van der Waals surface area contributed by atoms with E-state index in [2.05, 4.69) is 22.2 Å². The van der Waals surface area contributed by atoms with Gasteiger partial charge in [0.15, 0.2) is 6.10 Å². The second-order valence-corrected chi connectivity index (χ2v) is 6.99. The number of hydrogen-bond acceptors (Lipinski definition) is 5. The molecule has 0 aliphatic heterocycles. The molecule has 0 aromatic heterocycles. The van der Waals surface area contributed by atoms with Crippen molar-refractivity contribution in [2.24, 2.45) is 5.92 Å². The molecular formula is C21H31NO4. The maximum absolute atomic E-state index is 11.9. The lowest BCUT2D eigenvalue weighted by Crippen LogP contribution is -2.27. The Bertz CT molecular complexity index is 564. The number of carbonyl (C=O) groups excluding carboxylic acids is 2. The number of ether oxygens (including phenoxy) is 2. The molecule has 0 heterocycles. The number of benzene rings is 1. The largest absolute Gasteiger partial charge is 0.466 e. The Kier molecular flexibility index (Phi) is 8.45. The summed E-state index contributed by atoms with van der Waals surface area (Å²) in [7, 11) is 1.29. The number of anilines is 1. The Balaban J connectivity index is 1.72. The first-order valence-electron chi connectivity index (χ1n) is 9.72. The molecule has 0 bridgehead atoms. The molecule has 1 saturated carbocycles. The predicted octanol–water partition coefficient (Wildman–Crippen LogP) is 4.11. The topological polar surface area (TPSA) is 64.6 Å². The molecule has 1 aromatic carbocycles. The minimum absolute atomic E-state index is 0.252. The van der Waals surface area contributed by atoms with Gasteiger partial charge in [-0.2, -0.15) is 0 Å². The molecule has 0 spiro atoms. The van der Waals surface area contributed by atoms with Crippen LogP contribution in [0.2, 0.25) is 0 Å². The SMILES string of the molecule is CCC(OC(=O)CCc1ccc(NCC2CCCCC2)cc1)C(=O)OC. The molecule has 5 heteroatoms. The zero-order valence-electron chi connectivity index (χ0n) is 16.0. The van der Waals surface area contributed by atoms with Crippen molar-refractivity contribution in [2.75, 3.05) is 19.0 Å². The Labute approximate surface area is 156 Å². The molecule has 1 atom stereocenters. The average Bonchev–Trinajstić information content (AvgIpc) is 2.69. The van der Waals surface area contributed by atoms with Crippen molar-refractivity contribution in [3.8, 4) is 0 Å². The van der Waals surface area contributed by atoms with Crippen LogP contribution >= 0.6 is 0 Å². The maximum Gasteiger partial charge on any atom is 0.347 e. The molecule has 0 saturated heterocycles. The minimum atomic E-state index is -0.807. The lowest BCUT2D eigenvalue weighted by atomic mass is 9.89. The molecule has 1 aliphatic rings. The van der Waals surface area contributed by atoms with Crippen molar-refractivity contribution < 1.29 is 19.1 Å². The van der Waals surface area contributed by atoms with E-state index < -0.39 is 12.1 Å². The summed E-state index contributed by atoms with van der Waals surface area (Å²) < 4.78 is 9.80. The van der Waals surface area contributed by atoms with Crippen molar-refractivity contribution in [3.63, 3.8) is 0 Å². The highest BCUT2D eigenvalue weighted by Gasteiger charge is 2.21. The number of hydrogen-bond donors (Lipinski definition) is 1. The fourth-order valence-electron chi connectivity index (χ4n) is 3.34. The first-order valence-corrected chi connectivity index (χ1v) is 9.72. The van der Waals surface area contributed by atoms with Crippen LogP contribution in [0.15, 0.2) is 24.3 Å². The zero-order valence-corrected chi connectivity index (χ0v) is 16.0. The third-order valence-electron chi connectivity index (χ3n) is 5.00. The van der Waals surface area contributed by atoms with Crippen LogP contribution in [0.3, 0.4) is 0 Å². The Morgan fingerprint density at radius 3 is 2.46 bits per heavy atom. The first-order chi connectivity index (χ1) is 12.6. The van der Waals surface area contributed by atoms with Crippen LogP contribution in [0.5, 0.6) is 0 Å². The quantitative estimate of drug-likeness (QED) is 0.671. The smallest absolute Gasteiger partial charge is 0.347 e. The number of methoxy groups -OCH3 is 1. The van der Waals surface area contributed by atoms with Crippen LogP contribution in [-0.4, -0.2) is 31.7 Å². The van der Waals surface area contributed by atoms with Crippen LogP contribution in [-0.2, 0) is 25.5 Å². The Morgan fingerprint density at radius 2 is 1.85 bits per heavy atom. The van der Waals surface area contributed by atoms with Gasteiger partial charge < -0.3 is 14.8 Å². The van der Waals surface area contributed by atoms with Gasteiger partial charge in [-0.3, -0.25) is 4.79 Å². The Morgan fingerprint density at radius 1 is 1.15 bits per heavy atom. The summed E-state index contributed by atoms with van der Waals surface area (Å²) in [5.41, 5.74) is 2.20. The monoisotopic (exact) mass is 361 g/mol. The van der Waals surface area contributed by atoms with E-state index in [9.17, 15) is 9.59 Å². The average molecular weight is 361 g/mol. The fourth-order valence-corrected chi connectivity index (χ4v) is 3.34. The highest BCUT2D eigenvalue weighted by Crippen LogP contribution is 2.24. The maximum atomic E-state index is 11.9. The molecule has 5 nitrogen and oxygen atoms in total. The Hall–Kier alpha value is -2.04.